The molecule has 1 aliphatic carbocycles. The highest BCUT2D eigenvalue weighted by Gasteiger charge is 2.29. The number of benzene rings is 1. The molecule has 1 aliphatic rings. The second kappa shape index (κ2) is 9.56. The number of amides is 1. The lowest BCUT2D eigenvalue weighted by Crippen LogP contribution is -2.34. The summed E-state index contributed by atoms with van der Waals surface area (Å²) < 4.78 is 4.40. The summed E-state index contributed by atoms with van der Waals surface area (Å²) in [6.07, 6.45) is 5.68. The molecule has 0 radical (unpaired) electrons. The number of rotatable bonds is 6. The van der Waals surface area contributed by atoms with Crippen LogP contribution in [-0.2, 0) is 14.3 Å². The lowest BCUT2D eigenvalue weighted by atomic mass is 9.75. The number of esters is 1. The standard InChI is InChI=1S/C20H30N2O3/c1-22(2)18(16-7-5-4-6-8-16)17-11-9-15(10-12-17)13-14-21-19(23)20(24)25-3/h4-8,15,17-18H,9-14H2,1-3H3,(H,21,23). The largest absolute Gasteiger partial charge is 0.462 e. The Labute approximate surface area is 150 Å². The number of carbonyl (C=O) groups is 2. The first-order valence-corrected chi connectivity index (χ1v) is 9.10. The zero-order valence-electron chi connectivity index (χ0n) is 15.5. The average Bonchev–Trinajstić information content (AvgIpc) is 2.63. The fourth-order valence-corrected chi connectivity index (χ4v) is 3.99. The van der Waals surface area contributed by atoms with Gasteiger partial charge < -0.3 is 15.0 Å². The van der Waals surface area contributed by atoms with Gasteiger partial charge in [-0.1, -0.05) is 43.2 Å². The molecule has 0 bridgehead atoms. The van der Waals surface area contributed by atoms with Gasteiger partial charge in [0.1, 0.15) is 0 Å². The predicted molar refractivity (Wildman–Crippen MR) is 98.0 cm³/mol. The Balaban J connectivity index is 1.80. The maximum atomic E-state index is 11.4. The Hall–Kier alpha value is -1.88. The second-order valence-electron chi connectivity index (χ2n) is 7.14. The summed E-state index contributed by atoms with van der Waals surface area (Å²) >= 11 is 0. The van der Waals surface area contributed by atoms with Gasteiger partial charge in [-0.25, -0.2) is 4.79 Å². The Kier molecular flexibility index (Phi) is 7.44. The molecule has 0 spiro atoms. The summed E-state index contributed by atoms with van der Waals surface area (Å²) in [6.45, 7) is 0.541. The quantitative estimate of drug-likeness (QED) is 0.636. The molecular weight excluding hydrogens is 316 g/mol. The SMILES string of the molecule is COC(=O)C(=O)NCCC1CCC(C(c2ccccc2)N(C)C)CC1. The minimum absolute atomic E-state index is 0.459. The van der Waals surface area contributed by atoms with Crippen molar-refractivity contribution in [3.8, 4) is 0 Å². The van der Waals surface area contributed by atoms with Crippen molar-refractivity contribution < 1.29 is 14.3 Å². The number of hydrogen-bond donors (Lipinski definition) is 1. The van der Waals surface area contributed by atoms with Crippen molar-refractivity contribution in [3.05, 3.63) is 35.9 Å². The fourth-order valence-electron chi connectivity index (χ4n) is 3.99. The van der Waals surface area contributed by atoms with Gasteiger partial charge in [0.25, 0.3) is 0 Å². The van der Waals surface area contributed by atoms with Gasteiger partial charge in [-0.15, -0.1) is 0 Å². The van der Waals surface area contributed by atoms with Crippen LogP contribution < -0.4 is 5.32 Å². The Morgan fingerprint density at radius 3 is 2.36 bits per heavy atom. The van der Waals surface area contributed by atoms with E-state index in [0.717, 1.165) is 6.42 Å². The normalized spacial score (nSPS) is 21.6. The van der Waals surface area contributed by atoms with E-state index in [0.29, 0.717) is 24.4 Å². The Bertz CT molecular complexity index is 551. The van der Waals surface area contributed by atoms with E-state index in [1.54, 1.807) is 0 Å². The molecule has 5 heteroatoms. The third-order valence-corrected chi connectivity index (χ3v) is 5.24. The molecule has 5 nitrogen and oxygen atoms in total. The van der Waals surface area contributed by atoms with Gasteiger partial charge >= 0.3 is 11.9 Å². The van der Waals surface area contributed by atoms with Gasteiger partial charge in [-0.05, 0) is 50.8 Å². The fraction of sp³-hybridized carbons (Fsp3) is 0.600. The van der Waals surface area contributed by atoms with Crippen molar-refractivity contribution >= 4 is 11.9 Å². The van der Waals surface area contributed by atoms with E-state index >= 15 is 0 Å². The smallest absolute Gasteiger partial charge is 0.396 e. The summed E-state index contributed by atoms with van der Waals surface area (Å²) in [5.74, 6) is -0.181. The Morgan fingerprint density at radius 2 is 1.80 bits per heavy atom. The molecule has 0 saturated heterocycles. The first-order chi connectivity index (χ1) is 12.0. The highest BCUT2D eigenvalue weighted by atomic mass is 16.5. The number of methoxy groups -OCH3 is 1. The van der Waals surface area contributed by atoms with Crippen LogP contribution in [0.3, 0.4) is 0 Å². The van der Waals surface area contributed by atoms with E-state index < -0.39 is 11.9 Å². The highest BCUT2D eigenvalue weighted by Crippen LogP contribution is 2.39. The molecule has 1 unspecified atom stereocenters. The predicted octanol–water partition coefficient (Wildman–Crippen LogP) is 2.78. The molecule has 1 fully saturated rings. The second-order valence-corrected chi connectivity index (χ2v) is 7.14. The molecule has 1 N–H and O–H groups in total. The van der Waals surface area contributed by atoms with Crippen LogP contribution in [0.1, 0.15) is 43.7 Å². The molecule has 0 aliphatic heterocycles. The molecule has 1 aromatic rings. The Morgan fingerprint density at radius 1 is 1.16 bits per heavy atom. The third-order valence-electron chi connectivity index (χ3n) is 5.24. The van der Waals surface area contributed by atoms with Crippen molar-refractivity contribution in [1.82, 2.24) is 10.2 Å². The van der Waals surface area contributed by atoms with Gasteiger partial charge in [0.05, 0.1) is 7.11 Å². The maximum Gasteiger partial charge on any atom is 0.396 e. The van der Waals surface area contributed by atoms with E-state index in [2.05, 4.69) is 59.4 Å². The number of carbonyl (C=O) groups excluding carboxylic acids is 2. The van der Waals surface area contributed by atoms with Crippen LogP contribution in [0.4, 0.5) is 0 Å². The number of nitrogens with one attached hydrogen (secondary N) is 1. The van der Waals surface area contributed by atoms with Gasteiger partial charge in [-0.3, -0.25) is 4.79 Å². The van der Waals surface area contributed by atoms with E-state index in [9.17, 15) is 9.59 Å². The van der Waals surface area contributed by atoms with Crippen LogP contribution in [0, 0.1) is 11.8 Å². The molecule has 0 heterocycles. The molecule has 0 aromatic heterocycles. The van der Waals surface area contributed by atoms with E-state index in [4.69, 9.17) is 0 Å². The number of nitrogens with zero attached hydrogens (tertiary/aromatic N) is 1. The first-order valence-electron chi connectivity index (χ1n) is 9.10. The van der Waals surface area contributed by atoms with Crippen LogP contribution in [0.15, 0.2) is 30.3 Å². The topological polar surface area (TPSA) is 58.6 Å². The summed E-state index contributed by atoms with van der Waals surface area (Å²) in [5.41, 5.74) is 1.39. The summed E-state index contributed by atoms with van der Waals surface area (Å²) in [4.78, 5) is 24.8. The molecular formula is C20H30N2O3. The van der Waals surface area contributed by atoms with Crippen LogP contribution >= 0.6 is 0 Å². The first kappa shape index (κ1) is 19.4. The summed E-state index contributed by atoms with van der Waals surface area (Å²) in [7, 11) is 5.54. The van der Waals surface area contributed by atoms with Crippen LogP contribution in [0.25, 0.3) is 0 Å². The van der Waals surface area contributed by atoms with Gasteiger partial charge in [0.2, 0.25) is 0 Å². The molecule has 25 heavy (non-hydrogen) atoms. The third kappa shape index (κ3) is 5.56. The number of hydrogen-bond acceptors (Lipinski definition) is 4. The van der Waals surface area contributed by atoms with Crippen molar-refractivity contribution in [2.75, 3.05) is 27.7 Å². The monoisotopic (exact) mass is 346 g/mol. The maximum absolute atomic E-state index is 11.4. The molecule has 1 amide bonds. The molecule has 1 saturated carbocycles. The minimum Gasteiger partial charge on any atom is -0.462 e. The van der Waals surface area contributed by atoms with Crippen LogP contribution in [0.2, 0.25) is 0 Å². The van der Waals surface area contributed by atoms with Crippen LogP contribution in [0.5, 0.6) is 0 Å². The van der Waals surface area contributed by atoms with E-state index in [1.165, 1.54) is 38.4 Å². The summed E-state index contributed by atoms with van der Waals surface area (Å²) in [6, 6.07) is 11.2. The molecule has 2 rings (SSSR count). The average molecular weight is 346 g/mol. The zero-order valence-corrected chi connectivity index (χ0v) is 15.5. The lowest BCUT2D eigenvalue weighted by molar-refractivity contribution is -0.152. The van der Waals surface area contributed by atoms with Crippen molar-refractivity contribution in [2.24, 2.45) is 11.8 Å². The van der Waals surface area contributed by atoms with Crippen molar-refractivity contribution in [2.45, 2.75) is 38.1 Å². The van der Waals surface area contributed by atoms with Crippen LogP contribution in [-0.4, -0.2) is 44.5 Å². The molecule has 138 valence electrons. The van der Waals surface area contributed by atoms with Crippen molar-refractivity contribution in [3.63, 3.8) is 0 Å². The van der Waals surface area contributed by atoms with E-state index in [-0.39, 0.29) is 0 Å². The van der Waals surface area contributed by atoms with Gasteiger partial charge in [0, 0.05) is 12.6 Å². The molecule has 1 aromatic carbocycles. The summed E-state index contributed by atoms with van der Waals surface area (Å²) in [5, 5.41) is 2.64. The molecule has 1 atom stereocenters. The highest BCUT2D eigenvalue weighted by molar-refractivity contribution is 6.32. The number of ether oxygens (including phenoxy) is 1. The zero-order chi connectivity index (χ0) is 18.2. The van der Waals surface area contributed by atoms with Crippen molar-refractivity contribution in [1.29, 1.82) is 0 Å². The lowest BCUT2D eigenvalue weighted by Gasteiger charge is -2.37. The van der Waals surface area contributed by atoms with Gasteiger partial charge in [-0.2, -0.15) is 0 Å². The van der Waals surface area contributed by atoms with E-state index in [1.807, 2.05) is 0 Å². The van der Waals surface area contributed by atoms with Gasteiger partial charge in [0.15, 0.2) is 0 Å². The minimum atomic E-state index is -0.819.